The zero-order valence-corrected chi connectivity index (χ0v) is 19.6. The summed E-state index contributed by atoms with van der Waals surface area (Å²) in [6.45, 7) is 5.01. The molecule has 2 aliphatic rings. The molecule has 1 amide bonds. The maximum Gasteiger partial charge on any atom is 0.243 e. The van der Waals surface area contributed by atoms with Gasteiger partial charge in [0.2, 0.25) is 15.9 Å². The molecule has 0 radical (unpaired) electrons. The van der Waals surface area contributed by atoms with E-state index in [4.69, 9.17) is 16.3 Å². The van der Waals surface area contributed by atoms with Gasteiger partial charge in [-0.05, 0) is 36.8 Å². The van der Waals surface area contributed by atoms with Crippen LogP contribution in [0.25, 0.3) is 0 Å². The van der Waals surface area contributed by atoms with Crippen molar-refractivity contribution in [1.29, 1.82) is 0 Å². The van der Waals surface area contributed by atoms with Gasteiger partial charge in [-0.3, -0.25) is 9.69 Å². The average Bonchev–Trinajstić information content (AvgIpc) is 2.79. The highest BCUT2D eigenvalue weighted by molar-refractivity contribution is 7.89. The van der Waals surface area contributed by atoms with Crippen molar-refractivity contribution in [3.63, 3.8) is 0 Å². The van der Waals surface area contributed by atoms with Gasteiger partial charge in [0, 0.05) is 44.3 Å². The number of carbonyl (C=O) groups is 1. The number of rotatable bonds is 5. The number of piperazine rings is 1. The Balaban J connectivity index is 1.33. The molecule has 7 nitrogen and oxygen atoms in total. The van der Waals surface area contributed by atoms with E-state index in [2.05, 4.69) is 4.90 Å². The molecule has 0 bridgehead atoms. The van der Waals surface area contributed by atoms with Gasteiger partial charge in [-0.2, -0.15) is 4.31 Å². The van der Waals surface area contributed by atoms with Gasteiger partial charge in [-0.15, -0.1) is 0 Å². The van der Waals surface area contributed by atoms with Crippen molar-refractivity contribution in [3.05, 3.63) is 65.2 Å². The first kappa shape index (κ1) is 23.2. The molecular weight excluding hydrogens is 450 g/mol. The van der Waals surface area contributed by atoms with E-state index in [1.165, 1.54) is 16.4 Å². The number of benzene rings is 2. The van der Waals surface area contributed by atoms with E-state index in [1.807, 2.05) is 37.3 Å². The van der Waals surface area contributed by atoms with E-state index < -0.39 is 10.0 Å². The van der Waals surface area contributed by atoms with Gasteiger partial charge >= 0.3 is 0 Å². The summed E-state index contributed by atoms with van der Waals surface area (Å²) >= 11 is 5.87. The summed E-state index contributed by atoms with van der Waals surface area (Å²) in [5, 5.41) is 0.492. The Labute approximate surface area is 194 Å². The molecule has 0 saturated carbocycles. The van der Waals surface area contributed by atoms with Crippen LogP contribution in [-0.2, 0) is 19.6 Å². The van der Waals surface area contributed by atoms with Crippen LogP contribution in [0.5, 0.6) is 0 Å². The summed E-state index contributed by atoms with van der Waals surface area (Å²) in [7, 11) is -3.59. The van der Waals surface area contributed by atoms with E-state index in [-0.39, 0.29) is 36.1 Å². The van der Waals surface area contributed by atoms with Crippen molar-refractivity contribution in [3.8, 4) is 0 Å². The lowest BCUT2D eigenvalue weighted by Crippen LogP contribution is -2.54. The topological polar surface area (TPSA) is 70.2 Å². The van der Waals surface area contributed by atoms with Crippen molar-refractivity contribution in [2.75, 3.05) is 45.8 Å². The fourth-order valence-corrected chi connectivity index (χ4v) is 5.79. The van der Waals surface area contributed by atoms with Gasteiger partial charge in [0.15, 0.2) is 0 Å². The van der Waals surface area contributed by atoms with Crippen LogP contribution in [0.15, 0.2) is 59.5 Å². The lowest BCUT2D eigenvalue weighted by atomic mass is 10.1. The van der Waals surface area contributed by atoms with Crippen molar-refractivity contribution >= 4 is 27.5 Å². The highest BCUT2D eigenvalue weighted by atomic mass is 35.5. The first-order valence-corrected chi connectivity index (χ1v) is 12.6. The van der Waals surface area contributed by atoms with E-state index in [1.54, 1.807) is 17.0 Å². The smallest absolute Gasteiger partial charge is 0.243 e. The number of halogens is 1. The number of sulfonamides is 1. The quantitative estimate of drug-likeness (QED) is 0.662. The second kappa shape index (κ2) is 9.89. The van der Waals surface area contributed by atoms with Crippen LogP contribution in [0.1, 0.15) is 18.6 Å². The van der Waals surface area contributed by atoms with Gasteiger partial charge in [0.05, 0.1) is 23.6 Å². The number of nitrogens with zero attached hydrogens (tertiary/aromatic N) is 3. The lowest BCUT2D eigenvalue weighted by molar-refractivity contribution is -0.137. The third-order valence-electron chi connectivity index (χ3n) is 5.91. The van der Waals surface area contributed by atoms with Crippen LogP contribution in [0, 0.1) is 0 Å². The molecule has 2 unspecified atom stereocenters. The number of morpholine rings is 1. The van der Waals surface area contributed by atoms with Crippen LogP contribution in [0.3, 0.4) is 0 Å². The maximum atomic E-state index is 12.9. The Hall–Kier alpha value is -1.97. The molecule has 2 aromatic carbocycles. The molecule has 2 fully saturated rings. The van der Waals surface area contributed by atoms with Gasteiger partial charge in [-0.25, -0.2) is 8.42 Å². The van der Waals surface area contributed by atoms with Crippen LogP contribution >= 0.6 is 11.6 Å². The molecule has 2 atom stereocenters. The molecule has 9 heteroatoms. The Morgan fingerprint density at radius 3 is 2.31 bits per heavy atom. The number of hydrogen-bond acceptors (Lipinski definition) is 5. The zero-order chi connectivity index (χ0) is 22.7. The van der Waals surface area contributed by atoms with Crippen molar-refractivity contribution in [2.45, 2.75) is 24.0 Å². The highest BCUT2D eigenvalue weighted by Crippen LogP contribution is 2.25. The predicted octanol–water partition coefficient (Wildman–Crippen LogP) is 2.63. The minimum atomic E-state index is -3.59. The maximum absolute atomic E-state index is 12.9. The van der Waals surface area contributed by atoms with Crippen LogP contribution in [-0.4, -0.2) is 80.3 Å². The fraction of sp³-hybridized carbons (Fsp3) is 0.435. The third kappa shape index (κ3) is 5.32. The number of hydrogen-bond donors (Lipinski definition) is 0. The number of amides is 1. The monoisotopic (exact) mass is 477 g/mol. The number of carbonyl (C=O) groups excluding carboxylic acids is 1. The first-order valence-electron chi connectivity index (χ1n) is 10.8. The second-order valence-electron chi connectivity index (χ2n) is 8.28. The van der Waals surface area contributed by atoms with Crippen LogP contribution in [0.2, 0.25) is 5.02 Å². The van der Waals surface area contributed by atoms with E-state index in [0.717, 1.165) is 5.56 Å². The molecule has 0 spiro atoms. The summed E-state index contributed by atoms with van der Waals surface area (Å²) in [4.78, 5) is 17.0. The zero-order valence-electron chi connectivity index (χ0n) is 18.1. The Bertz CT molecular complexity index is 1020. The molecule has 2 heterocycles. The molecular formula is C23H28ClN3O4S. The summed E-state index contributed by atoms with van der Waals surface area (Å²) in [5.74, 6) is 0.0226. The average molecular weight is 478 g/mol. The Morgan fingerprint density at radius 2 is 1.66 bits per heavy atom. The predicted molar refractivity (Wildman–Crippen MR) is 123 cm³/mol. The highest BCUT2D eigenvalue weighted by Gasteiger charge is 2.32. The molecule has 172 valence electrons. The van der Waals surface area contributed by atoms with E-state index in [0.29, 0.717) is 37.7 Å². The van der Waals surface area contributed by atoms with Gasteiger partial charge in [0.1, 0.15) is 0 Å². The van der Waals surface area contributed by atoms with Crippen LogP contribution < -0.4 is 0 Å². The standard InChI is InChI=1S/C23H28ClN3O4S/c1-18-15-25(16-22(31-18)19-5-3-2-4-6-19)17-23(28)26-11-13-27(14-12-26)32(29,30)21-9-7-20(24)8-10-21/h2-10,18,22H,11-17H2,1H3. The van der Waals surface area contributed by atoms with Gasteiger partial charge < -0.3 is 9.64 Å². The summed E-state index contributed by atoms with van der Waals surface area (Å²) < 4.78 is 33.2. The summed E-state index contributed by atoms with van der Waals surface area (Å²) in [6.07, 6.45) is -0.0303. The summed E-state index contributed by atoms with van der Waals surface area (Å²) in [5.41, 5.74) is 1.11. The SMILES string of the molecule is CC1CN(CC(=O)N2CCN(S(=O)(=O)c3ccc(Cl)cc3)CC2)CC(c2ccccc2)O1. The minimum Gasteiger partial charge on any atom is -0.368 e. The molecule has 2 aliphatic heterocycles. The normalized spacial score (nSPS) is 23.2. The number of ether oxygens (including phenoxy) is 1. The van der Waals surface area contributed by atoms with Crippen molar-refractivity contribution < 1.29 is 17.9 Å². The Morgan fingerprint density at radius 1 is 1.00 bits per heavy atom. The second-order valence-corrected chi connectivity index (χ2v) is 10.7. The third-order valence-corrected chi connectivity index (χ3v) is 8.07. The molecule has 2 aromatic rings. The van der Waals surface area contributed by atoms with E-state index in [9.17, 15) is 13.2 Å². The van der Waals surface area contributed by atoms with Gasteiger partial charge in [-0.1, -0.05) is 41.9 Å². The fourth-order valence-electron chi connectivity index (χ4n) is 4.24. The largest absolute Gasteiger partial charge is 0.368 e. The summed E-state index contributed by atoms with van der Waals surface area (Å²) in [6, 6.07) is 16.2. The molecule has 32 heavy (non-hydrogen) atoms. The molecule has 0 aromatic heterocycles. The molecule has 2 saturated heterocycles. The molecule has 0 aliphatic carbocycles. The minimum absolute atomic E-state index is 0.0226. The van der Waals surface area contributed by atoms with E-state index >= 15 is 0 Å². The van der Waals surface area contributed by atoms with Crippen molar-refractivity contribution in [2.24, 2.45) is 0 Å². The van der Waals surface area contributed by atoms with Crippen LogP contribution in [0.4, 0.5) is 0 Å². The Kier molecular flexibility index (Phi) is 7.17. The molecule has 0 N–H and O–H groups in total. The molecule has 4 rings (SSSR count). The van der Waals surface area contributed by atoms with Gasteiger partial charge in [0.25, 0.3) is 0 Å². The lowest BCUT2D eigenvalue weighted by Gasteiger charge is -2.39. The first-order chi connectivity index (χ1) is 15.3. The van der Waals surface area contributed by atoms with Crippen molar-refractivity contribution in [1.82, 2.24) is 14.1 Å².